The Bertz CT molecular complexity index is 1080. The van der Waals surface area contributed by atoms with Crippen molar-refractivity contribution in [1.82, 2.24) is 5.32 Å². The molecular formula is C32H37BrN2O. The van der Waals surface area contributed by atoms with E-state index < -0.39 is 5.41 Å². The smallest absolute Gasteiger partial charge is 0.107 e. The van der Waals surface area contributed by atoms with E-state index in [9.17, 15) is 5.26 Å². The summed E-state index contributed by atoms with van der Waals surface area (Å²) < 4.78 is 6.15. The van der Waals surface area contributed by atoms with E-state index in [-0.39, 0.29) is 17.0 Å². The molecule has 0 radical (unpaired) electrons. The van der Waals surface area contributed by atoms with Crippen LogP contribution in [-0.2, 0) is 16.8 Å². The summed E-state index contributed by atoms with van der Waals surface area (Å²) in [6.45, 7) is 3.80. The van der Waals surface area contributed by atoms with Gasteiger partial charge in [-0.1, -0.05) is 97.9 Å². The number of hydrogen-bond donors (Lipinski definition) is 1. The molecule has 3 aromatic rings. The van der Waals surface area contributed by atoms with Gasteiger partial charge in [0.15, 0.2) is 0 Å². The number of piperidine rings is 1. The number of rotatable bonds is 9. The maximum absolute atomic E-state index is 10.7. The van der Waals surface area contributed by atoms with Crippen LogP contribution in [0.25, 0.3) is 0 Å². The van der Waals surface area contributed by atoms with Gasteiger partial charge < -0.3 is 10.1 Å². The van der Waals surface area contributed by atoms with Crippen molar-refractivity contribution in [1.29, 1.82) is 5.26 Å². The summed E-state index contributed by atoms with van der Waals surface area (Å²) in [5.74, 6) is 1.63. The molecule has 3 nitrogen and oxygen atoms in total. The van der Waals surface area contributed by atoms with Crippen LogP contribution in [0, 0.1) is 29.1 Å². The topological polar surface area (TPSA) is 45.0 Å². The SMILES string of the molecule is Br.CC1C[C@H]2CC(CC(C#N)(c3ccccc3)c3ccccc3)C(CCOCc3ccccc3)[C@@H]1N2. The highest BCUT2D eigenvalue weighted by atomic mass is 79.9. The third-order valence-corrected chi connectivity index (χ3v) is 8.35. The third-order valence-electron chi connectivity index (χ3n) is 8.35. The highest BCUT2D eigenvalue weighted by molar-refractivity contribution is 8.93. The van der Waals surface area contributed by atoms with Gasteiger partial charge in [0.25, 0.3) is 0 Å². The van der Waals surface area contributed by atoms with E-state index >= 15 is 0 Å². The summed E-state index contributed by atoms with van der Waals surface area (Å²) in [5, 5.41) is 14.7. The molecule has 4 heteroatoms. The van der Waals surface area contributed by atoms with Crippen LogP contribution in [0.4, 0.5) is 0 Å². The second-order valence-electron chi connectivity index (χ2n) is 10.5. The number of nitrogens with one attached hydrogen (secondary N) is 1. The summed E-state index contributed by atoms with van der Waals surface area (Å²) >= 11 is 0. The molecule has 3 unspecified atom stereocenters. The lowest BCUT2D eigenvalue weighted by Gasteiger charge is -2.42. The first-order chi connectivity index (χ1) is 17.2. The first kappa shape index (κ1) is 26.6. The van der Waals surface area contributed by atoms with Gasteiger partial charge >= 0.3 is 0 Å². The molecule has 2 heterocycles. The molecule has 36 heavy (non-hydrogen) atoms. The van der Waals surface area contributed by atoms with Crippen LogP contribution in [0.15, 0.2) is 91.0 Å². The van der Waals surface area contributed by atoms with Crippen LogP contribution in [0.5, 0.6) is 0 Å². The molecule has 5 atom stereocenters. The Morgan fingerprint density at radius 3 is 2.06 bits per heavy atom. The van der Waals surface area contributed by atoms with Crippen molar-refractivity contribution in [2.45, 2.75) is 56.7 Å². The minimum Gasteiger partial charge on any atom is -0.377 e. The zero-order valence-corrected chi connectivity index (χ0v) is 22.8. The van der Waals surface area contributed by atoms with Crippen LogP contribution in [0.1, 0.15) is 49.3 Å². The molecule has 188 valence electrons. The van der Waals surface area contributed by atoms with Crippen LogP contribution in [0.3, 0.4) is 0 Å². The first-order valence-corrected chi connectivity index (χ1v) is 13.1. The van der Waals surface area contributed by atoms with E-state index in [1.807, 2.05) is 18.2 Å². The van der Waals surface area contributed by atoms with Gasteiger partial charge in [0.2, 0.25) is 0 Å². The summed E-state index contributed by atoms with van der Waals surface area (Å²) in [6, 6.07) is 35.1. The molecule has 2 bridgehead atoms. The molecular weight excluding hydrogens is 508 g/mol. The normalized spacial score (nSPS) is 25.1. The molecule has 0 aromatic heterocycles. The van der Waals surface area contributed by atoms with Crippen molar-refractivity contribution < 1.29 is 4.74 Å². The van der Waals surface area contributed by atoms with Crippen molar-refractivity contribution in [2.75, 3.05) is 6.61 Å². The zero-order chi connectivity index (χ0) is 24.1. The molecule has 0 spiro atoms. The molecule has 5 rings (SSSR count). The van der Waals surface area contributed by atoms with Gasteiger partial charge in [0.05, 0.1) is 12.7 Å². The monoisotopic (exact) mass is 544 g/mol. The molecule has 2 aliphatic rings. The largest absolute Gasteiger partial charge is 0.377 e. The quantitative estimate of drug-likeness (QED) is 0.293. The fourth-order valence-corrected chi connectivity index (χ4v) is 6.69. The van der Waals surface area contributed by atoms with E-state index in [1.165, 1.54) is 12.0 Å². The standard InChI is InChI=1S/C32H36N2O.BrH/c1-24-19-29-20-26(30(31(24)34-29)17-18-35-22-25-11-5-2-6-12-25)21-32(23-33,27-13-7-3-8-14-27)28-15-9-4-10-16-28;/h2-16,24,26,29-31,34H,17-22H2,1H3;1H/t24?,26?,29-,30?,31+;/m0./s1. The van der Waals surface area contributed by atoms with Gasteiger partial charge in [-0.05, 0) is 60.1 Å². The van der Waals surface area contributed by atoms with E-state index in [2.05, 4.69) is 91.1 Å². The van der Waals surface area contributed by atoms with Gasteiger partial charge in [0, 0.05) is 18.7 Å². The van der Waals surface area contributed by atoms with Crippen LogP contribution < -0.4 is 5.32 Å². The van der Waals surface area contributed by atoms with Crippen LogP contribution in [0.2, 0.25) is 0 Å². The Balaban J connectivity index is 0.00000304. The predicted octanol–water partition coefficient (Wildman–Crippen LogP) is 7.07. The van der Waals surface area contributed by atoms with Gasteiger partial charge in [0.1, 0.15) is 5.41 Å². The Labute approximate surface area is 226 Å². The highest BCUT2D eigenvalue weighted by Gasteiger charge is 2.48. The molecule has 0 saturated carbocycles. The molecule has 1 N–H and O–H groups in total. The van der Waals surface area contributed by atoms with Gasteiger partial charge in [-0.25, -0.2) is 0 Å². The molecule has 2 fully saturated rings. The molecule has 0 aliphatic carbocycles. The van der Waals surface area contributed by atoms with Crippen LogP contribution in [-0.4, -0.2) is 18.7 Å². The number of nitriles is 1. The molecule has 2 aliphatic heterocycles. The van der Waals surface area contributed by atoms with Crippen molar-refractivity contribution in [3.63, 3.8) is 0 Å². The summed E-state index contributed by atoms with van der Waals surface area (Å²) in [6.07, 6.45) is 4.24. The molecule has 3 aromatic carbocycles. The predicted molar refractivity (Wildman–Crippen MR) is 151 cm³/mol. The number of ether oxygens (including phenoxy) is 1. The number of nitrogens with zero attached hydrogens (tertiary/aromatic N) is 1. The number of hydrogen-bond acceptors (Lipinski definition) is 3. The van der Waals surface area contributed by atoms with E-state index in [0.717, 1.165) is 37.0 Å². The Hall–Kier alpha value is -2.45. The van der Waals surface area contributed by atoms with Crippen molar-refractivity contribution in [3.8, 4) is 6.07 Å². The Kier molecular flexibility index (Phi) is 9.01. The average Bonchev–Trinajstić information content (AvgIpc) is 3.22. The van der Waals surface area contributed by atoms with Crippen molar-refractivity contribution in [3.05, 3.63) is 108 Å². The lowest BCUT2D eigenvalue weighted by atomic mass is 9.64. The van der Waals surface area contributed by atoms with Crippen molar-refractivity contribution >= 4 is 17.0 Å². The first-order valence-electron chi connectivity index (χ1n) is 13.1. The zero-order valence-electron chi connectivity index (χ0n) is 21.1. The maximum atomic E-state index is 10.7. The van der Waals surface area contributed by atoms with E-state index in [1.54, 1.807) is 0 Å². The number of benzene rings is 3. The minimum absolute atomic E-state index is 0. The van der Waals surface area contributed by atoms with Gasteiger partial charge in [-0.3, -0.25) is 0 Å². The van der Waals surface area contributed by atoms with Gasteiger partial charge in [-0.2, -0.15) is 5.26 Å². The fourth-order valence-electron chi connectivity index (χ4n) is 6.69. The summed E-state index contributed by atoms with van der Waals surface area (Å²) in [7, 11) is 0. The number of halogens is 1. The molecule has 2 saturated heterocycles. The average molecular weight is 546 g/mol. The van der Waals surface area contributed by atoms with Crippen molar-refractivity contribution in [2.24, 2.45) is 17.8 Å². The summed E-state index contributed by atoms with van der Waals surface area (Å²) in [5.41, 5.74) is 2.78. The maximum Gasteiger partial charge on any atom is 0.107 e. The second kappa shape index (κ2) is 12.2. The Morgan fingerprint density at radius 1 is 0.889 bits per heavy atom. The van der Waals surface area contributed by atoms with Gasteiger partial charge in [-0.15, -0.1) is 17.0 Å². The Morgan fingerprint density at radius 2 is 1.47 bits per heavy atom. The lowest BCUT2D eigenvalue weighted by molar-refractivity contribution is 0.0707. The molecule has 0 amide bonds. The van der Waals surface area contributed by atoms with E-state index in [4.69, 9.17) is 4.74 Å². The summed E-state index contributed by atoms with van der Waals surface area (Å²) in [4.78, 5) is 0. The third kappa shape index (κ3) is 5.59. The van der Waals surface area contributed by atoms with E-state index in [0.29, 0.717) is 36.4 Å². The van der Waals surface area contributed by atoms with Crippen LogP contribution >= 0.6 is 17.0 Å². The second-order valence-corrected chi connectivity index (χ2v) is 10.5. The number of fused-ring (bicyclic) bond motifs is 2. The fraction of sp³-hybridized carbons (Fsp3) is 0.406. The minimum atomic E-state index is -0.643. The lowest BCUT2D eigenvalue weighted by Crippen LogP contribution is -2.49. The highest BCUT2D eigenvalue weighted by Crippen LogP contribution is 2.47.